The van der Waals surface area contributed by atoms with Crippen LogP contribution < -0.4 is 20.1 Å². The van der Waals surface area contributed by atoms with Crippen molar-refractivity contribution in [3.8, 4) is 11.5 Å². The zero-order chi connectivity index (χ0) is 20.0. The van der Waals surface area contributed by atoms with Crippen LogP contribution in [0.15, 0.2) is 30.6 Å². The molecule has 3 aliphatic rings. The maximum absolute atomic E-state index is 12.9. The highest BCUT2D eigenvalue weighted by molar-refractivity contribution is 6.07. The number of nitrogens with one attached hydrogen (secondary N) is 2. The molecule has 5 rings (SSSR count). The zero-order valence-corrected chi connectivity index (χ0v) is 16.2. The van der Waals surface area contributed by atoms with Crippen molar-refractivity contribution >= 4 is 11.9 Å². The average Bonchev–Trinajstić information content (AvgIpc) is 3.25. The number of carbonyl (C=O) groups excluding carboxylic acids is 2. The summed E-state index contributed by atoms with van der Waals surface area (Å²) in [5.41, 5.74) is 0.502. The monoisotopic (exact) mass is 397 g/mol. The molecule has 1 aromatic heterocycles. The summed E-state index contributed by atoms with van der Waals surface area (Å²) in [5.74, 6) is 1.14. The number of nitrogens with zero attached hydrogens (tertiary/aromatic N) is 3. The second kappa shape index (κ2) is 6.77. The first-order valence-electron chi connectivity index (χ1n) is 9.78. The van der Waals surface area contributed by atoms with Gasteiger partial charge in [-0.2, -0.15) is 5.10 Å². The molecule has 1 saturated carbocycles. The zero-order valence-electron chi connectivity index (χ0n) is 16.2. The van der Waals surface area contributed by atoms with Crippen LogP contribution in [0.3, 0.4) is 0 Å². The first-order chi connectivity index (χ1) is 14.1. The Morgan fingerprint density at radius 1 is 1.34 bits per heavy atom. The van der Waals surface area contributed by atoms with Gasteiger partial charge in [0.2, 0.25) is 0 Å². The third-order valence-electron chi connectivity index (χ3n) is 6.02. The number of amides is 3. The maximum atomic E-state index is 12.9. The molecule has 0 bridgehead atoms. The molecule has 1 atom stereocenters. The van der Waals surface area contributed by atoms with Crippen molar-refractivity contribution in [2.24, 2.45) is 0 Å². The van der Waals surface area contributed by atoms with E-state index in [-0.39, 0.29) is 12.5 Å². The van der Waals surface area contributed by atoms with Crippen molar-refractivity contribution < 1.29 is 19.1 Å². The quantitative estimate of drug-likeness (QED) is 0.742. The number of benzene rings is 1. The van der Waals surface area contributed by atoms with Gasteiger partial charge in [0.25, 0.3) is 5.91 Å². The van der Waals surface area contributed by atoms with Crippen LogP contribution in [0.4, 0.5) is 4.79 Å². The number of ether oxygens (including phenoxy) is 2. The van der Waals surface area contributed by atoms with E-state index in [2.05, 4.69) is 15.7 Å². The van der Waals surface area contributed by atoms with E-state index < -0.39 is 11.6 Å². The SMILES string of the molecule is COc1ccc2c(c1)OCN(C[C@@]1(c3cnn(C4CCC4)c3)NC(=O)NC1=O)C2. The fraction of sp³-hybridized carbons (Fsp3) is 0.450. The number of imide groups is 1. The molecule has 3 amide bonds. The Labute approximate surface area is 168 Å². The van der Waals surface area contributed by atoms with Crippen LogP contribution in [0, 0.1) is 0 Å². The third-order valence-corrected chi connectivity index (χ3v) is 6.02. The normalized spacial score (nSPS) is 24.3. The van der Waals surface area contributed by atoms with Crippen molar-refractivity contribution in [3.63, 3.8) is 0 Å². The van der Waals surface area contributed by atoms with Gasteiger partial charge >= 0.3 is 6.03 Å². The Bertz CT molecular complexity index is 970. The smallest absolute Gasteiger partial charge is 0.322 e. The number of carbonyl (C=O) groups is 2. The number of hydrogen-bond acceptors (Lipinski definition) is 6. The van der Waals surface area contributed by atoms with Crippen molar-refractivity contribution in [2.45, 2.75) is 37.4 Å². The molecule has 2 aromatic rings. The molecule has 2 aliphatic heterocycles. The Morgan fingerprint density at radius 3 is 2.90 bits per heavy atom. The molecule has 2 N–H and O–H groups in total. The van der Waals surface area contributed by atoms with E-state index in [1.54, 1.807) is 13.3 Å². The fourth-order valence-electron chi connectivity index (χ4n) is 4.12. The minimum Gasteiger partial charge on any atom is -0.497 e. The van der Waals surface area contributed by atoms with Crippen LogP contribution in [-0.4, -0.2) is 47.0 Å². The number of fused-ring (bicyclic) bond motifs is 1. The van der Waals surface area contributed by atoms with Gasteiger partial charge in [0.1, 0.15) is 18.2 Å². The lowest BCUT2D eigenvalue weighted by atomic mass is 9.90. The number of hydrogen-bond donors (Lipinski definition) is 2. The third kappa shape index (κ3) is 3.02. The van der Waals surface area contributed by atoms with Gasteiger partial charge in [-0.25, -0.2) is 4.79 Å². The first-order valence-corrected chi connectivity index (χ1v) is 9.78. The molecule has 0 unspecified atom stereocenters. The summed E-state index contributed by atoms with van der Waals surface area (Å²) in [7, 11) is 1.62. The highest BCUT2D eigenvalue weighted by atomic mass is 16.5. The molecule has 29 heavy (non-hydrogen) atoms. The van der Waals surface area contributed by atoms with E-state index in [1.807, 2.05) is 34.0 Å². The highest BCUT2D eigenvalue weighted by Gasteiger charge is 2.50. The molecule has 9 nitrogen and oxygen atoms in total. The molecule has 152 valence electrons. The molecule has 1 aromatic carbocycles. The largest absolute Gasteiger partial charge is 0.497 e. The van der Waals surface area contributed by atoms with E-state index in [0.29, 0.717) is 24.9 Å². The number of methoxy groups -OCH3 is 1. The van der Waals surface area contributed by atoms with Crippen molar-refractivity contribution in [1.82, 2.24) is 25.3 Å². The summed E-state index contributed by atoms with van der Waals surface area (Å²) in [6.45, 7) is 1.19. The van der Waals surface area contributed by atoms with E-state index in [0.717, 1.165) is 29.9 Å². The summed E-state index contributed by atoms with van der Waals surface area (Å²) < 4.78 is 13.0. The Kier molecular flexibility index (Phi) is 4.20. The van der Waals surface area contributed by atoms with Crippen molar-refractivity contribution in [1.29, 1.82) is 0 Å². The highest BCUT2D eigenvalue weighted by Crippen LogP contribution is 2.35. The standard InChI is InChI=1S/C20H23N5O4/c1-28-16-6-5-13-9-24(12-29-17(13)7-16)11-20(18(26)22-19(27)23-20)14-8-21-25(10-14)15-3-2-4-15/h5-8,10,15H,2-4,9,11-12H2,1H3,(H2,22,23,26,27)/t20-/m0/s1. The molecular formula is C20H23N5O4. The van der Waals surface area contributed by atoms with E-state index >= 15 is 0 Å². The van der Waals surface area contributed by atoms with E-state index in [4.69, 9.17) is 9.47 Å². The molecule has 2 fully saturated rings. The van der Waals surface area contributed by atoms with Crippen LogP contribution >= 0.6 is 0 Å². The predicted octanol–water partition coefficient (Wildman–Crippen LogP) is 1.50. The Morgan fingerprint density at radius 2 is 2.21 bits per heavy atom. The minimum absolute atomic E-state index is 0.284. The Hall–Kier alpha value is -3.07. The summed E-state index contributed by atoms with van der Waals surface area (Å²) >= 11 is 0. The van der Waals surface area contributed by atoms with Gasteiger partial charge in [0, 0.05) is 36.5 Å². The van der Waals surface area contributed by atoms with Gasteiger partial charge in [0.05, 0.1) is 19.3 Å². The molecule has 0 radical (unpaired) electrons. The summed E-state index contributed by atoms with van der Waals surface area (Å²) in [6.07, 6.45) is 6.95. The number of urea groups is 1. The van der Waals surface area contributed by atoms with Gasteiger partial charge < -0.3 is 14.8 Å². The molecule has 0 spiro atoms. The van der Waals surface area contributed by atoms with Gasteiger partial charge in [-0.05, 0) is 25.3 Å². The van der Waals surface area contributed by atoms with Crippen LogP contribution in [-0.2, 0) is 16.9 Å². The van der Waals surface area contributed by atoms with Crippen LogP contribution in [0.25, 0.3) is 0 Å². The predicted molar refractivity (Wildman–Crippen MR) is 102 cm³/mol. The Balaban J connectivity index is 1.41. The topological polar surface area (TPSA) is 97.7 Å². The second-order valence-electron chi connectivity index (χ2n) is 7.84. The fourth-order valence-corrected chi connectivity index (χ4v) is 4.12. The number of rotatable bonds is 5. The average molecular weight is 397 g/mol. The molecule has 1 aliphatic carbocycles. The first kappa shape index (κ1) is 18.0. The number of aromatic nitrogens is 2. The van der Waals surface area contributed by atoms with Crippen molar-refractivity contribution in [3.05, 3.63) is 41.7 Å². The van der Waals surface area contributed by atoms with Crippen LogP contribution in [0.2, 0.25) is 0 Å². The molecular weight excluding hydrogens is 374 g/mol. The summed E-state index contributed by atoms with van der Waals surface area (Å²) in [6, 6.07) is 5.58. The van der Waals surface area contributed by atoms with E-state index in [9.17, 15) is 9.59 Å². The lowest BCUT2D eigenvalue weighted by molar-refractivity contribution is -0.125. The van der Waals surface area contributed by atoms with Gasteiger partial charge in [-0.1, -0.05) is 6.07 Å². The van der Waals surface area contributed by atoms with Crippen molar-refractivity contribution in [2.75, 3.05) is 20.4 Å². The van der Waals surface area contributed by atoms with Gasteiger partial charge in [-0.3, -0.25) is 19.7 Å². The van der Waals surface area contributed by atoms with Gasteiger partial charge in [0.15, 0.2) is 5.54 Å². The lowest BCUT2D eigenvalue weighted by Gasteiger charge is -2.35. The maximum Gasteiger partial charge on any atom is 0.322 e. The summed E-state index contributed by atoms with van der Waals surface area (Å²) in [4.78, 5) is 26.9. The summed E-state index contributed by atoms with van der Waals surface area (Å²) in [5, 5.41) is 9.68. The van der Waals surface area contributed by atoms with E-state index in [1.165, 1.54) is 6.42 Å². The molecule has 9 heteroatoms. The second-order valence-corrected chi connectivity index (χ2v) is 7.84. The minimum atomic E-state index is -1.19. The van der Waals surface area contributed by atoms with Crippen LogP contribution in [0.1, 0.15) is 36.4 Å². The lowest BCUT2D eigenvalue weighted by Crippen LogP contribution is -2.53. The van der Waals surface area contributed by atoms with Crippen LogP contribution in [0.5, 0.6) is 11.5 Å². The van der Waals surface area contributed by atoms with Gasteiger partial charge in [-0.15, -0.1) is 0 Å². The molecule has 3 heterocycles. The molecule has 1 saturated heterocycles.